The molecule has 0 rings (SSSR count). The Balaban J connectivity index is 4.14. The van der Waals surface area contributed by atoms with Gasteiger partial charge in [-0.1, -0.05) is 26.3 Å². The predicted molar refractivity (Wildman–Crippen MR) is 57.5 cm³/mol. The zero-order valence-corrected chi connectivity index (χ0v) is 10.5. The van der Waals surface area contributed by atoms with Crippen molar-refractivity contribution in [2.45, 2.75) is 45.8 Å². The number of carbonyl (C=O) groups is 1. The quantitative estimate of drug-likeness (QED) is 0.216. The lowest BCUT2D eigenvalue weighted by Crippen LogP contribution is -2.20. The Morgan fingerprint density at radius 1 is 1.50 bits per heavy atom. The summed E-state index contributed by atoms with van der Waals surface area (Å²) < 4.78 is 19.7. The molecule has 0 radical (unpaired) electrons. The first-order chi connectivity index (χ1) is 7.47. The van der Waals surface area contributed by atoms with Crippen LogP contribution < -0.4 is 4.89 Å². The molecule has 0 heterocycles. The molecule has 0 saturated heterocycles. The van der Waals surface area contributed by atoms with Crippen molar-refractivity contribution < 1.29 is 23.5 Å². The molecule has 0 amide bonds. The Bertz CT molecular complexity index is 264. The van der Waals surface area contributed by atoms with E-state index in [9.17, 15) is 14.3 Å². The van der Waals surface area contributed by atoms with E-state index in [0.29, 0.717) is 6.42 Å². The van der Waals surface area contributed by atoms with Gasteiger partial charge in [0.25, 0.3) is 6.29 Å². The van der Waals surface area contributed by atoms with Crippen LogP contribution >= 0.6 is 8.25 Å². The van der Waals surface area contributed by atoms with Crippen LogP contribution in [0.25, 0.3) is 0 Å². The summed E-state index contributed by atoms with van der Waals surface area (Å²) in [5.74, 6) is -0.640. The Kier molecular flexibility index (Phi) is 7.99. The van der Waals surface area contributed by atoms with Gasteiger partial charge in [-0.15, -0.1) is 4.52 Å². The molecule has 5 nitrogen and oxygen atoms in total. The molecule has 0 spiro atoms. The number of hydrogen-bond acceptors (Lipinski definition) is 5. The minimum absolute atomic E-state index is 0.213. The first-order valence-corrected chi connectivity index (χ1v) is 6.24. The van der Waals surface area contributed by atoms with Crippen LogP contribution in [-0.4, -0.2) is 12.3 Å². The molecule has 0 saturated carbocycles. The van der Waals surface area contributed by atoms with E-state index in [1.165, 1.54) is 6.92 Å². The lowest BCUT2D eigenvalue weighted by Gasteiger charge is -2.12. The molecule has 0 aromatic rings. The van der Waals surface area contributed by atoms with Crippen LogP contribution in [0.5, 0.6) is 0 Å². The molecule has 0 aliphatic carbocycles. The van der Waals surface area contributed by atoms with Gasteiger partial charge in [0.2, 0.25) is 0 Å². The maximum Gasteiger partial charge on any atom is 0.492 e. The average molecular weight is 248 g/mol. The SMILES string of the molecule is C=C(C)C(=O)OC(CCCCC)O[P+](=O)[O-]. The number of rotatable bonds is 8. The van der Waals surface area contributed by atoms with Crippen LogP contribution in [0.15, 0.2) is 12.2 Å². The zero-order valence-electron chi connectivity index (χ0n) is 9.60. The highest BCUT2D eigenvalue weighted by atomic mass is 31.1. The maximum atomic E-state index is 11.2. The van der Waals surface area contributed by atoms with Crippen LogP contribution in [0.3, 0.4) is 0 Å². The van der Waals surface area contributed by atoms with Gasteiger partial charge in [0.15, 0.2) is 0 Å². The fourth-order valence-electron chi connectivity index (χ4n) is 1.01. The molecule has 6 heteroatoms. The van der Waals surface area contributed by atoms with Crippen LogP contribution in [0.1, 0.15) is 39.5 Å². The highest BCUT2D eigenvalue weighted by molar-refractivity contribution is 7.30. The zero-order chi connectivity index (χ0) is 12.6. The minimum Gasteiger partial charge on any atom is -0.566 e. The van der Waals surface area contributed by atoms with Gasteiger partial charge in [0.1, 0.15) is 0 Å². The molecular weight excluding hydrogens is 231 g/mol. The van der Waals surface area contributed by atoms with E-state index in [2.05, 4.69) is 11.1 Å². The highest BCUT2D eigenvalue weighted by Gasteiger charge is 2.21. The van der Waals surface area contributed by atoms with Crippen LogP contribution in [0.4, 0.5) is 0 Å². The first-order valence-electron chi connectivity index (χ1n) is 5.15. The Morgan fingerprint density at radius 3 is 2.56 bits per heavy atom. The van der Waals surface area contributed by atoms with E-state index in [4.69, 9.17) is 4.74 Å². The minimum atomic E-state index is -3.02. The fraction of sp³-hybridized carbons (Fsp3) is 0.700. The normalized spacial score (nSPS) is 13.1. The van der Waals surface area contributed by atoms with Crippen molar-refractivity contribution in [3.05, 3.63) is 12.2 Å². The summed E-state index contributed by atoms with van der Waals surface area (Å²) >= 11 is 0. The van der Waals surface area contributed by atoms with E-state index in [-0.39, 0.29) is 5.57 Å². The predicted octanol–water partition coefficient (Wildman–Crippen LogP) is 2.05. The van der Waals surface area contributed by atoms with E-state index in [1.54, 1.807) is 0 Å². The second kappa shape index (κ2) is 8.39. The van der Waals surface area contributed by atoms with Gasteiger partial charge in [-0.05, 0) is 17.9 Å². The van der Waals surface area contributed by atoms with Crippen molar-refractivity contribution >= 4 is 14.2 Å². The van der Waals surface area contributed by atoms with Crippen LogP contribution in [0, 0.1) is 0 Å². The smallest absolute Gasteiger partial charge is 0.492 e. The third-order valence-electron chi connectivity index (χ3n) is 1.83. The van der Waals surface area contributed by atoms with Gasteiger partial charge in [0.05, 0.1) is 0 Å². The van der Waals surface area contributed by atoms with Crippen LogP contribution in [0.2, 0.25) is 0 Å². The molecule has 92 valence electrons. The first kappa shape index (κ1) is 15.2. The average Bonchev–Trinajstić information content (AvgIpc) is 2.16. The molecule has 2 unspecified atom stereocenters. The molecule has 16 heavy (non-hydrogen) atoms. The lowest BCUT2D eigenvalue weighted by molar-refractivity contribution is -0.206. The van der Waals surface area contributed by atoms with Crippen molar-refractivity contribution in [3.63, 3.8) is 0 Å². The molecule has 0 aromatic carbocycles. The van der Waals surface area contributed by atoms with Gasteiger partial charge < -0.3 is 9.63 Å². The van der Waals surface area contributed by atoms with Gasteiger partial charge in [0, 0.05) is 12.0 Å². The molecule has 2 atom stereocenters. The maximum absolute atomic E-state index is 11.2. The third kappa shape index (κ3) is 7.51. The monoisotopic (exact) mass is 248 g/mol. The lowest BCUT2D eigenvalue weighted by atomic mass is 10.2. The number of ether oxygens (including phenoxy) is 1. The summed E-state index contributed by atoms with van der Waals surface area (Å²) in [5, 5.41) is 0. The van der Waals surface area contributed by atoms with E-state index in [1.807, 2.05) is 6.92 Å². The second-order valence-corrected chi connectivity index (χ2v) is 4.10. The Labute approximate surface area is 96.4 Å². The van der Waals surface area contributed by atoms with E-state index in [0.717, 1.165) is 19.3 Å². The second-order valence-electron chi connectivity index (χ2n) is 3.44. The van der Waals surface area contributed by atoms with Crippen molar-refractivity contribution in [3.8, 4) is 0 Å². The van der Waals surface area contributed by atoms with Crippen molar-refractivity contribution in [2.75, 3.05) is 0 Å². The Morgan fingerprint density at radius 2 is 2.12 bits per heavy atom. The van der Waals surface area contributed by atoms with Gasteiger partial charge in [-0.2, -0.15) is 0 Å². The number of unbranched alkanes of at least 4 members (excludes halogenated alkanes) is 2. The molecule has 0 N–H and O–H groups in total. The summed E-state index contributed by atoms with van der Waals surface area (Å²) in [4.78, 5) is 21.6. The molecule has 0 aliphatic rings. The topological polar surface area (TPSA) is 75.7 Å². The van der Waals surface area contributed by atoms with Gasteiger partial charge >= 0.3 is 14.2 Å². The van der Waals surface area contributed by atoms with Crippen molar-refractivity contribution in [2.24, 2.45) is 0 Å². The molecule has 0 fully saturated rings. The molecular formula is C10H17O5P. The van der Waals surface area contributed by atoms with E-state index < -0.39 is 20.5 Å². The molecule has 0 aliphatic heterocycles. The summed E-state index contributed by atoms with van der Waals surface area (Å²) in [6, 6.07) is 0. The summed E-state index contributed by atoms with van der Waals surface area (Å²) in [6.45, 7) is 6.91. The van der Waals surface area contributed by atoms with Crippen molar-refractivity contribution in [1.82, 2.24) is 0 Å². The fourth-order valence-corrected chi connectivity index (χ4v) is 1.35. The van der Waals surface area contributed by atoms with Gasteiger partial charge in [-0.3, -0.25) is 0 Å². The number of hydrogen-bond donors (Lipinski definition) is 0. The van der Waals surface area contributed by atoms with Crippen molar-refractivity contribution in [1.29, 1.82) is 0 Å². The molecule has 0 bridgehead atoms. The number of carbonyl (C=O) groups excluding carboxylic acids is 1. The van der Waals surface area contributed by atoms with E-state index >= 15 is 0 Å². The third-order valence-corrected chi connectivity index (χ3v) is 2.24. The summed E-state index contributed by atoms with van der Waals surface area (Å²) in [6.07, 6.45) is 2.01. The summed E-state index contributed by atoms with van der Waals surface area (Å²) in [5.41, 5.74) is 0.213. The molecule has 0 aromatic heterocycles. The Hall–Kier alpha value is -0.770. The highest BCUT2D eigenvalue weighted by Crippen LogP contribution is 2.19. The summed E-state index contributed by atoms with van der Waals surface area (Å²) in [7, 11) is -3.02. The van der Waals surface area contributed by atoms with Gasteiger partial charge in [-0.25, -0.2) is 4.79 Å². The number of esters is 1. The van der Waals surface area contributed by atoms with Crippen LogP contribution in [-0.2, 0) is 18.6 Å². The largest absolute Gasteiger partial charge is 0.566 e. The standard InChI is InChI=1S/C10H17O5P/c1-4-5-6-7-9(15-16(12)13)14-10(11)8(2)3/h9H,2,4-7H2,1,3H3.